The first-order valence-electron chi connectivity index (χ1n) is 9.80. The van der Waals surface area contributed by atoms with E-state index in [0.29, 0.717) is 57.0 Å². The molecule has 2 aromatic carbocycles. The third-order valence-corrected chi connectivity index (χ3v) is 4.97. The molecule has 0 bridgehead atoms. The second-order valence-corrected chi connectivity index (χ2v) is 7.03. The number of nitrogens with zero attached hydrogens (tertiary/aromatic N) is 2. The summed E-state index contributed by atoms with van der Waals surface area (Å²) in [6.07, 6.45) is 1.50. The maximum atomic E-state index is 13.6. The van der Waals surface area contributed by atoms with Gasteiger partial charge in [0.15, 0.2) is 5.96 Å². The summed E-state index contributed by atoms with van der Waals surface area (Å²) in [6, 6.07) is 11.6. The van der Waals surface area contributed by atoms with Crippen LogP contribution < -0.4 is 10.6 Å². The lowest BCUT2D eigenvalue weighted by atomic mass is 10.1. The van der Waals surface area contributed by atoms with E-state index in [0.717, 1.165) is 12.1 Å². The Morgan fingerprint density at radius 2 is 1.73 bits per heavy atom. The molecule has 0 fully saturated rings. The lowest BCUT2D eigenvalue weighted by molar-refractivity contribution is -0.131. The first-order valence-corrected chi connectivity index (χ1v) is 9.80. The van der Waals surface area contributed by atoms with Crippen molar-refractivity contribution in [2.45, 2.75) is 32.4 Å². The van der Waals surface area contributed by atoms with Gasteiger partial charge in [-0.25, -0.2) is 8.78 Å². The summed E-state index contributed by atoms with van der Waals surface area (Å²) < 4.78 is 26.8. The highest BCUT2D eigenvalue weighted by molar-refractivity contribution is 14.0. The van der Waals surface area contributed by atoms with Gasteiger partial charge in [0.05, 0.1) is 0 Å². The van der Waals surface area contributed by atoms with Crippen molar-refractivity contribution in [1.29, 1.82) is 0 Å². The number of hydrogen-bond acceptors (Lipinski definition) is 2. The molecule has 0 radical (unpaired) electrons. The van der Waals surface area contributed by atoms with E-state index in [-0.39, 0.29) is 29.9 Å². The van der Waals surface area contributed by atoms with Gasteiger partial charge in [0.2, 0.25) is 5.91 Å². The standard InChI is InChI=1S/C22H26F2N4O.HI/c1-25-22(27-12-10-16-13-19(23)8-9-20(16)24)26-11-4-7-21(29)28-14-17-5-2-3-6-18(17)15-28;/h2-3,5-6,8-9,13H,4,7,10-12,14-15H2,1H3,(H2,25,26,27);1H. The van der Waals surface area contributed by atoms with Gasteiger partial charge in [-0.1, -0.05) is 24.3 Å². The molecule has 1 aliphatic heterocycles. The molecule has 1 aliphatic rings. The number of rotatable bonds is 7. The molecule has 0 aromatic heterocycles. The van der Waals surface area contributed by atoms with Gasteiger partial charge in [-0.3, -0.25) is 9.79 Å². The van der Waals surface area contributed by atoms with E-state index in [2.05, 4.69) is 27.8 Å². The molecule has 0 saturated heterocycles. The monoisotopic (exact) mass is 528 g/mol. The van der Waals surface area contributed by atoms with Crippen LogP contribution in [0.15, 0.2) is 47.5 Å². The molecule has 0 saturated carbocycles. The van der Waals surface area contributed by atoms with Crippen LogP contribution in [0.25, 0.3) is 0 Å². The molecule has 0 unspecified atom stereocenters. The second kappa shape index (κ2) is 11.8. The van der Waals surface area contributed by atoms with Crippen LogP contribution in [-0.4, -0.2) is 36.9 Å². The summed E-state index contributed by atoms with van der Waals surface area (Å²) in [7, 11) is 1.64. The summed E-state index contributed by atoms with van der Waals surface area (Å²) in [5.41, 5.74) is 2.77. The Hall–Kier alpha value is -2.23. The number of halogens is 3. The van der Waals surface area contributed by atoms with E-state index in [1.165, 1.54) is 17.2 Å². The first-order chi connectivity index (χ1) is 14.1. The molecule has 30 heavy (non-hydrogen) atoms. The number of carbonyl (C=O) groups excluding carboxylic acids is 1. The Morgan fingerprint density at radius 3 is 2.40 bits per heavy atom. The molecule has 5 nitrogen and oxygen atoms in total. The van der Waals surface area contributed by atoms with Gasteiger partial charge in [0.25, 0.3) is 0 Å². The molecular formula is C22H27F2IN4O. The van der Waals surface area contributed by atoms with Crippen molar-refractivity contribution < 1.29 is 13.6 Å². The quantitative estimate of drug-likeness (QED) is 0.250. The molecule has 1 amide bonds. The van der Waals surface area contributed by atoms with E-state index in [1.807, 2.05) is 17.0 Å². The topological polar surface area (TPSA) is 56.7 Å². The van der Waals surface area contributed by atoms with Crippen molar-refractivity contribution in [3.8, 4) is 0 Å². The average molecular weight is 528 g/mol. The highest BCUT2D eigenvalue weighted by Gasteiger charge is 2.22. The molecule has 0 atom stereocenters. The molecule has 2 N–H and O–H groups in total. The van der Waals surface area contributed by atoms with Crippen LogP contribution >= 0.6 is 24.0 Å². The zero-order valence-electron chi connectivity index (χ0n) is 17.0. The second-order valence-electron chi connectivity index (χ2n) is 7.03. The molecular weight excluding hydrogens is 501 g/mol. The first kappa shape index (κ1) is 24.0. The molecule has 1 heterocycles. The van der Waals surface area contributed by atoms with Crippen molar-refractivity contribution >= 4 is 35.8 Å². The maximum Gasteiger partial charge on any atom is 0.223 e. The Kier molecular flexibility index (Phi) is 9.48. The molecule has 0 spiro atoms. The number of guanidine groups is 1. The van der Waals surface area contributed by atoms with Crippen molar-refractivity contribution in [2.75, 3.05) is 20.1 Å². The predicted octanol–water partition coefficient (Wildman–Crippen LogP) is 3.61. The van der Waals surface area contributed by atoms with E-state index in [1.54, 1.807) is 7.05 Å². The summed E-state index contributed by atoms with van der Waals surface area (Å²) in [4.78, 5) is 18.4. The van der Waals surface area contributed by atoms with Gasteiger partial charge >= 0.3 is 0 Å². The third kappa shape index (κ3) is 6.65. The SMILES string of the molecule is CN=C(NCCCC(=O)N1Cc2ccccc2C1)NCCc1cc(F)ccc1F.I. The van der Waals surface area contributed by atoms with Gasteiger partial charge in [-0.2, -0.15) is 0 Å². The number of hydrogen-bond donors (Lipinski definition) is 2. The number of amides is 1. The zero-order valence-corrected chi connectivity index (χ0v) is 19.3. The van der Waals surface area contributed by atoms with Crippen LogP contribution in [0, 0.1) is 11.6 Å². The fourth-order valence-electron chi connectivity index (χ4n) is 3.39. The summed E-state index contributed by atoms with van der Waals surface area (Å²) in [5.74, 6) is -0.149. The third-order valence-electron chi connectivity index (χ3n) is 4.97. The summed E-state index contributed by atoms with van der Waals surface area (Å²) in [6.45, 7) is 2.39. The number of nitrogens with one attached hydrogen (secondary N) is 2. The minimum Gasteiger partial charge on any atom is -0.356 e. The molecule has 3 rings (SSSR count). The Morgan fingerprint density at radius 1 is 1.07 bits per heavy atom. The van der Waals surface area contributed by atoms with Crippen LogP contribution in [0.1, 0.15) is 29.5 Å². The lowest BCUT2D eigenvalue weighted by Gasteiger charge is -2.16. The molecule has 8 heteroatoms. The average Bonchev–Trinajstić information content (AvgIpc) is 3.16. The van der Waals surface area contributed by atoms with Gasteiger partial charge in [-0.05, 0) is 47.7 Å². The van der Waals surface area contributed by atoms with E-state index < -0.39 is 11.6 Å². The fourth-order valence-corrected chi connectivity index (χ4v) is 3.39. The van der Waals surface area contributed by atoms with Crippen molar-refractivity contribution in [3.05, 3.63) is 70.8 Å². The van der Waals surface area contributed by atoms with Crippen LogP contribution in [0.4, 0.5) is 8.78 Å². The number of fused-ring (bicyclic) bond motifs is 1. The summed E-state index contributed by atoms with van der Waals surface area (Å²) >= 11 is 0. The number of carbonyl (C=O) groups is 1. The zero-order chi connectivity index (χ0) is 20.6. The highest BCUT2D eigenvalue weighted by atomic mass is 127. The van der Waals surface area contributed by atoms with Gasteiger partial charge in [0, 0.05) is 39.6 Å². The van der Waals surface area contributed by atoms with E-state index >= 15 is 0 Å². The Bertz CT molecular complexity index is 866. The fraction of sp³-hybridized carbons (Fsp3) is 0.364. The minimum atomic E-state index is -0.449. The maximum absolute atomic E-state index is 13.6. The molecule has 2 aromatic rings. The largest absolute Gasteiger partial charge is 0.356 e. The van der Waals surface area contributed by atoms with Crippen molar-refractivity contribution in [1.82, 2.24) is 15.5 Å². The number of aliphatic imine (C=N–C) groups is 1. The van der Waals surface area contributed by atoms with Gasteiger partial charge in [0.1, 0.15) is 11.6 Å². The smallest absolute Gasteiger partial charge is 0.223 e. The predicted molar refractivity (Wildman–Crippen MR) is 125 cm³/mol. The number of benzene rings is 2. The molecule has 162 valence electrons. The van der Waals surface area contributed by atoms with Crippen molar-refractivity contribution in [3.63, 3.8) is 0 Å². The van der Waals surface area contributed by atoms with Crippen LogP contribution in [-0.2, 0) is 24.3 Å². The Labute approximate surface area is 193 Å². The van der Waals surface area contributed by atoms with Crippen LogP contribution in [0.5, 0.6) is 0 Å². The normalized spacial score (nSPS) is 12.9. The van der Waals surface area contributed by atoms with Crippen LogP contribution in [0.3, 0.4) is 0 Å². The summed E-state index contributed by atoms with van der Waals surface area (Å²) in [5, 5.41) is 6.22. The Balaban J connectivity index is 0.00000320. The minimum absolute atomic E-state index is 0. The van der Waals surface area contributed by atoms with Gasteiger partial charge in [-0.15, -0.1) is 24.0 Å². The van der Waals surface area contributed by atoms with Gasteiger partial charge < -0.3 is 15.5 Å². The highest BCUT2D eigenvalue weighted by Crippen LogP contribution is 2.22. The van der Waals surface area contributed by atoms with E-state index in [4.69, 9.17) is 0 Å². The van der Waals surface area contributed by atoms with E-state index in [9.17, 15) is 13.6 Å². The van der Waals surface area contributed by atoms with Crippen LogP contribution in [0.2, 0.25) is 0 Å². The lowest BCUT2D eigenvalue weighted by Crippen LogP contribution is -2.39. The van der Waals surface area contributed by atoms with Crippen molar-refractivity contribution in [2.24, 2.45) is 4.99 Å². The molecule has 0 aliphatic carbocycles.